The summed E-state index contributed by atoms with van der Waals surface area (Å²) in [6.07, 6.45) is 2.83. The molecule has 0 radical (unpaired) electrons. The molecule has 3 nitrogen and oxygen atoms in total. The fourth-order valence-corrected chi connectivity index (χ4v) is 5.92. The summed E-state index contributed by atoms with van der Waals surface area (Å²) < 4.78 is 4.29. The van der Waals surface area contributed by atoms with Crippen molar-refractivity contribution in [1.82, 2.24) is 9.27 Å². The zero-order chi connectivity index (χ0) is 11.0. The van der Waals surface area contributed by atoms with E-state index in [1.165, 1.54) is 23.0 Å². The maximum absolute atomic E-state index is 12.1. The quantitative estimate of drug-likeness (QED) is 0.784. The Balaban J connectivity index is 1.72. The van der Waals surface area contributed by atoms with E-state index >= 15 is 0 Å². The summed E-state index contributed by atoms with van der Waals surface area (Å²) in [6.45, 7) is 1.80. The Morgan fingerprint density at radius 3 is 2.94 bits per heavy atom. The molecule has 2 fully saturated rings. The summed E-state index contributed by atoms with van der Waals surface area (Å²) in [7, 11) is 0. The van der Waals surface area contributed by atoms with Gasteiger partial charge in [-0.1, -0.05) is 0 Å². The topological polar surface area (TPSA) is 33.2 Å². The van der Waals surface area contributed by atoms with Crippen LogP contribution in [0.25, 0.3) is 0 Å². The van der Waals surface area contributed by atoms with Gasteiger partial charge in [0.05, 0.1) is 4.08 Å². The molecule has 3 rings (SSSR count). The van der Waals surface area contributed by atoms with Crippen molar-refractivity contribution in [2.75, 3.05) is 24.6 Å². The van der Waals surface area contributed by atoms with Gasteiger partial charge in [-0.2, -0.15) is 0 Å². The standard InChI is InChI=1S/C10H12N2OS3/c13-9(8-1-3-11-16-8)12-4-2-10(7-12)14-5-6-15-10/h1,3H,2,4-7H2. The number of aromatic nitrogens is 1. The predicted octanol–water partition coefficient (Wildman–Crippen LogP) is 2.17. The minimum Gasteiger partial charge on any atom is -0.336 e. The van der Waals surface area contributed by atoms with E-state index < -0.39 is 0 Å². The number of carbonyl (C=O) groups excluding carboxylic acids is 1. The van der Waals surface area contributed by atoms with E-state index in [1.807, 2.05) is 34.5 Å². The molecule has 1 amide bonds. The van der Waals surface area contributed by atoms with Gasteiger partial charge in [-0.05, 0) is 24.0 Å². The molecule has 0 unspecified atom stereocenters. The SMILES string of the molecule is O=C(c1ccns1)N1CCC2(C1)SCCS2. The minimum atomic E-state index is 0.160. The van der Waals surface area contributed by atoms with Crippen LogP contribution in [0.1, 0.15) is 16.1 Å². The number of nitrogens with zero attached hydrogens (tertiary/aromatic N) is 2. The molecule has 16 heavy (non-hydrogen) atoms. The number of thioether (sulfide) groups is 2. The third-order valence-corrected chi connectivity index (χ3v) is 7.18. The van der Waals surface area contributed by atoms with Gasteiger partial charge in [0.2, 0.25) is 0 Å². The van der Waals surface area contributed by atoms with Gasteiger partial charge in [0.15, 0.2) is 0 Å². The number of likely N-dealkylation sites (tertiary alicyclic amines) is 1. The molecule has 0 N–H and O–H groups in total. The first-order valence-electron chi connectivity index (χ1n) is 5.27. The van der Waals surface area contributed by atoms with Crippen LogP contribution in [0.3, 0.4) is 0 Å². The molecular formula is C10H12N2OS3. The molecule has 0 atom stereocenters. The van der Waals surface area contributed by atoms with Gasteiger partial charge >= 0.3 is 0 Å². The van der Waals surface area contributed by atoms with E-state index in [0.29, 0.717) is 4.08 Å². The molecular weight excluding hydrogens is 260 g/mol. The number of rotatable bonds is 1. The summed E-state index contributed by atoms with van der Waals surface area (Å²) in [5.41, 5.74) is 0. The lowest BCUT2D eigenvalue weighted by molar-refractivity contribution is 0.0797. The van der Waals surface area contributed by atoms with Gasteiger partial charge in [0.1, 0.15) is 4.88 Å². The van der Waals surface area contributed by atoms with Crippen LogP contribution in [-0.2, 0) is 0 Å². The van der Waals surface area contributed by atoms with Crippen LogP contribution in [0.4, 0.5) is 0 Å². The first-order valence-corrected chi connectivity index (χ1v) is 8.01. The van der Waals surface area contributed by atoms with Crippen LogP contribution in [0.5, 0.6) is 0 Å². The monoisotopic (exact) mass is 272 g/mol. The van der Waals surface area contributed by atoms with Crippen molar-refractivity contribution in [1.29, 1.82) is 0 Å². The van der Waals surface area contributed by atoms with Gasteiger partial charge in [0.25, 0.3) is 5.91 Å². The summed E-state index contributed by atoms with van der Waals surface area (Å²) in [5, 5.41) is 0. The number of hydrogen-bond donors (Lipinski definition) is 0. The fourth-order valence-electron chi connectivity index (χ4n) is 2.14. The third kappa shape index (κ3) is 1.87. The number of amides is 1. The molecule has 1 spiro atoms. The first kappa shape index (κ1) is 10.9. The molecule has 0 aliphatic carbocycles. The smallest absolute Gasteiger partial charge is 0.265 e. The van der Waals surface area contributed by atoms with Crippen molar-refractivity contribution in [2.24, 2.45) is 0 Å². The van der Waals surface area contributed by atoms with E-state index in [9.17, 15) is 4.79 Å². The van der Waals surface area contributed by atoms with Gasteiger partial charge in [-0.15, -0.1) is 23.5 Å². The summed E-state index contributed by atoms with van der Waals surface area (Å²) >= 11 is 5.35. The summed E-state index contributed by atoms with van der Waals surface area (Å²) in [4.78, 5) is 14.9. The molecule has 2 aliphatic heterocycles. The lowest BCUT2D eigenvalue weighted by atomic mass is 10.4. The number of carbonyl (C=O) groups is 1. The van der Waals surface area contributed by atoms with Crippen molar-refractivity contribution < 1.29 is 4.79 Å². The van der Waals surface area contributed by atoms with Crippen molar-refractivity contribution in [3.05, 3.63) is 17.1 Å². The second-order valence-electron chi connectivity index (χ2n) is 3.96. The normalized spacial score (nSPS) is 23.1. The second-order valence-corrected chi connectivity index (χ2v) is 8.01. The maximum Gasteiger partial charge on any atom is 0.265 e. The predicted molar refractivity (Wildman–Crippen MR) is 70.3 cm³/mol. The van der Waals surface area contributed by atoms with Crippen LogP contribution in [0.15, 0.2) is 12.3 Å². The average Bonchev–Trinajstić information content (AvgIpc) is 3.01. The van der Waals surface area contributed by atoms with E-state index in [-0.39, 0.29) is 5.91 Å². The van der Waals surface area contributed by atoms with E-state index in [2.05, 4.69) is 4.37 Å². The van der Waals surface area contributed by atoms with Gasteiger partial charge < -0.3 is 4.90 Å². The zero-order valence-electron chi connectivity index (χ0n) is 8.72. The molecule has 0 saturated carbocycles. The Kier molecular flexibility index (Phi) is 2.89. The fraction of sp³-hybridized carbons (Fsp3) is 0.600. The van der Waals surface area contributed by atoms with E-state index in [4.69, 9.17) is 0 Å². The highest BCUT2D eigenvalue weighted by Gasteiger charge is 2.43. The van der Waals surface area contributed by atoms with E-state index in [0.717, 1.165) is 24.4 Å². The largest absolute Gasteiger partial charge is 0.336 e. The van der Waals surface area contributed by atoms with Gasteiger partial charge in [0, 0.05) is 30.8 Å². The van der Waals surface area contributed by atoms with Crippen molar-refractivity contribution in [2.45, 2.75) is 10.5 Å². The molecule has 1 aromatic rings. The molecule has 86 valence electrons. The summed E-state index contributed by atoms with van der Waals surface area (Å²) in [6, 6.07) is 1.81. The second kappa shape index (κ2) is 4.23. The van der Waals surface area contributed by atoms with Crippen LogP contribution in [-0.4, -0.2) is 43.9 Å². The Labute approximate surface area is 107 Å². The molecule has 3 heterocycles. The highest BCUT2D eigenvalue weighted by atomic mass is 32.2. The Bertz CT molecular complexity index is 387. The first-order chi connectivity index (χ1) is 7.79. The van der Waals surface area contributed by atoms with Gasteiger partial charge in [-0.25, -0.2) is 4.37 Å². The highest BCUT2D eigenvalue weighted by molar-refractivity contribution is 8.21. The molecule has 2 saturated heterocycles. The Morgan fingerprint density at radius 1 is 1.44 bits per heavy atom. The molecule has 0 bridgehead atoms. The van der Waals surface area contributed by atoms with E-state index in [1.54, 1.807) is 6.20 Å². The lowest BCUT2D eigenvalue weighted by Crippen LogP contribution is -2.31. The molecule has 2 aliphatic rings. The third-order valence-electron chi connectivity index (χ3n) is 2.94. The maximum atomic E-state index is 12.1. The van der Waals surface area contributed by atoms with Crippen molar-refractivity contribution >= 4 is 41.0 Å². The van der Waals surface area contributed by atoms with Gasteiger partial charge in [-0.3, -0.25) is 4.79 Å². The average molecular weight is 272 g/mol. The lowest BCUT2D eigenvalue weighted by Gasteiger charge is -2.21. The van der Waals surface area contributed by atoms with Crippen LogP contribution in [0, 0.1) is 0 Å². The van der Waals surface area contributed by atoms with Crippen LogP contribution < -0.4 is 0 Å². The van der Waals surface area contributed by atoms with Crippen LogP contribution >= 0.6 is 35.1 Å². The minimum absolute atomic E-state index is 0.160. The highest BCUT2D eigenvalue weighted by Crippen LogP contribution is 2.49. The molecule has 0 aromatic carbocycles. The zero-order valence-corrected chi connectivity index (χ0v) is 11.2. The van der Waals surface area contributed by atoms with Crippen LogP contribution in [0.2, 0.25) is 0 Å². The Hall–Kier alpha value is -0.200. The molecule has 1 aromatic heterocycles. The number of hydrogen-bond acceptors (Lipinski definition) is 5. The molecule has 6 heteroatoms. The summed E-state index contributed by atoms with van der Waals surface area (Å²) in [5.74, 6) is 2.62. The van der Waals surface area contributed by atoms with Crippen molar-refractivity contribution in [3.63, 3.8) is 0 Å². The Morgan fingerprint density at radius 2 is 2.25 bits per heavy atom. The van der Waals surface area contributed by atoms with Crippen molar-refractivity contribution in [3.8, 4) is 0 Å².